The molecule has 10 heteroatoms. The van der Waals surface area contributed by atoms with Gasteiger partial charge in [-0.05, 0) is 49.2 Å². The van der Waals surface area contributed by atoms with Crippen molar-refractivity contribution < 1.29 is 14.4 Å². The van der Waals surface area contributed by atoms with Gasteiger partial charge in [-0.25, -0.2) is 4.90 Å². The lowest BCUT2D eigenvalue weighted by Gasteiger charge is -2.30. The minimum Gasteiger partial charge on any atom is -0.324 e. The third-order valence-electron chi connectivity index (χ3n) is 7.11. The molecule has 0 spiro atoms. The van der Waals surface area contributed by atoms with E-state index >= 15 is 0 Å². The van der Waals surface area contributed by atoms with Crippen LogP contribution in [0.25, 0.3) is 0 Å². The topological polar surface area (TPSA) is 101 Å². The second-order valence-corrected chi connectivity index (χ2v) is 11.8. The molecule has 4 heterocycles. The van der Waals surface area contributed by atoms with Crippen LogP contribution in [0.15, 0.2) is 82.9 Å². The molecule has 0 radical (unpaired) electrons. The number of hydrogen-bond acceptors (Lipinski definition) is 7. The van der Waals surface area contributed by atoms with Crippen molar-refractivity contribution in [2.75, 3.05) is 10.2 Å². The number of anilines is 2. The summed E-state index contributed by atoms with van der Waals surface area (Å²) < 4.78 is 1.42. The maximum absolute atomic E-state index is 13.9. The molecule has 8 nitrogen and oxygen atoms in total. The SMILES string of the molecule is Cc1ccc(N2C(=O)[C@H]3[C@H](c4cccnc4)c4sc(=O)n(CC(=O)Nc5ccccc5C)c4S[C@H]3C2=O)cc1. The third kappa shape index (κ3) is 4.39. The Kier molecular flexibility index (Phi) is 6.44. The summed E-state index contributed by atoms with van der Waals surface area (Å²) in [7, 11) is 0. The summed E-state index contributed by atoms with van der Waals surface area (Å²) >= 11 is 2.22. The number of rotatable bonds is 5. The van der Waals surface area contributed by atoms with Crippen molar-refractivity contribution >= 4 is 52.2 Å². The number of pyridine rings is 1. The molecule has 3 atom stereocenters. The van der Waals surface area contributed by atoms with Crippen LogP contribution in [0.5, 0.6) is 0 Å². The Labute approximate surface area is 232 Å². The van der Waals surface area contributed by atoms with Crippen molar-refractivity contribution in [3.8, 4) is 0 Å². The quantitative estimate of drug-likeness (QED) is 0.367. The smallest absolute Gasteiger partial charge is 0.308 e. The highest BCUT2D eigenvalue weighted by molar-refractivity contribution is 8.00. The van der Waals surface area contributed by atoms with Crippen molar-refractivity contribution in [3.05, 3.63) is 104 Å². The minimum atomic E-state index is -0.740. The molecule has 2 aliphatic rings. The van der Waals surface area contributed by atoms with E-state index in [-0.39, 0.29) is 29.1 Å². The number of carbonyl (C=O) groups excluding carboxylic acids is 3. The van der Waals surface area contributed by atoms with E-state index in [0.717, 1.165) is 28.0 Å². The van der Waals surface area contributed by atoms with Crippen molar-refractivity contribution in [1.29, 1.82) is 0 Å². The van der Waals surface area contributed by atoms with E-state index in [2.05, 4.69) is 10.3 Å². The first-order valence-electron chi connectivity index (χ1n) is 12.4. The van der Waals surface area contributed by atoms with Crippen LogP contribution >= 0.6 is 23.1 Å². The normalized spacial score (nSPS) is 20.1. The van der Waals surface area contributed by atoms with Gasteiger partial charge >= 0.3 is 4.87 Å². The lowest BCUT2D eigenvalue weighted by molar-refractivity contribution is -0.122. The van der Waals surface area contributed by atoms with E-state index in [4.69, 9.17) is 0 Å². The Morgan fingerprint density at radius 2 is 1.74 bits per heavy atom. The fourth-order valence-corrected chi connectivity index (χ4v) is 7.94. The Bertz CT molecular complexity index is 1660. The summed E-state index contributed by atoms with van der Waals surface area (Å²) in [5, 5.41) is 2.69. The molecule has 0 unspecified atom stereocenters. The highest BCUT2D eigenvalue weighted by Gasteiger charge is 2.56. The molecular weight excluding hydrogens is 532 g/mol. The summed E-state index contributed by atoms with van der Waals surface area (Å²) in [6.45, 7) is 3.64. The van der Waals surface area contributed by atoms with Crippen LogP contribution in [0.3, 0.4) is 0 Å². The molecule has 39 heavy (non-hydrogen) atoms. The third-order valence-corrected chi connectivity index (χ3v) is 9.71. The second kappa shape index (κ2) is 9.94. The van der Waals surface area contributed by atoms with E-state index in [1.165, 1.54) is 21.2 Å². The van der Waals surface area contributed by atoms with E-state index in [1.807, 2.05) is 50.2 Å². The fourth-order valence-electron chi connectivity index (χ4n) is 5.17. The second-order valence-electron chi connectivity index (χ2n) is 9.66. The van der Waals surface area contributed by atoms with Crippen LogP contribution in [0.4, 0.5) is 11.4 Å². The van der Waals surface area contributed by atoms with Crippen LogP contribution in [0.2, 0.25) is 0 Å². The number of amides is 3. The Balaban J connectivity index is 1.40. The van der Waals surface area contributed by atoms with Crippen molar-refractivity contribution in [2.24, 2.45) is 5.92 Å². The molecule has 2 aromatic carbocycles. The summed E-state index contributed by atoms with van der Waals surface area (Å²) in [4.78, 5) is 59.7. The van der Waals surface area contributed by atoms with Gasteiger partial charge < -0.3 is 5.32 Å². The molecule has 1 N–H and O–H groups in total. The van der Waals surface area contributed by atoms with Gasteiger partial charge in [0.15, 0.2) is 0 Å². The van der Waals surface area contributed by atoms with Crippen LogP contribution in [-0.4, -0.2) is 32.5 Å². The maximum Gasteiger partial charge on any atom is 0.308 e. The van der Waals surface area contributed by atoms with E-state index in [1.54, 1.807) is 36.7 Å². The summed E-state index contributed by atoms with van der Waals surface area (Å²) in [6.07, 6.45) is 3.32. The first-order valence-corrected chi connectivity index (χ1v) is 14.1. The average molecular weight is 557 g/mol. The van der Waals surface area contributed by atoms with Crippen LogP contribution in [0.1, 0.15) is 27.5 Å². The van der Waals surface area contributed by atoms with E-state index in [9.17, 15) is 19.2 Å². The predicted molar refractivity (Wildman–Crippen MR) is 151 cm³/mol. The number of aryl methyl sites for hydroxylation is 2. The number of hydrogen-bond donors (Lipinski definition) is 1. The number of thioether (sulfide) groups is 1. The van der Waals surface area contributed by atoms with Gasteiger partial charge in [0.25, 0.3) is 0 Å². The molecule has 2 aliphatic heterocycles. The summed E-state index contributed by atoms with van der Waals surface area (Å²) in [5.41, 5.74) is 3.87. The number of fused-ring (bicyclic) bond motifs is 2. The summed E-state index contributed by atoms with van der Waals surface area (Å²) in [6, 6.07) is 18.3. The molecule has 0 saturated carbocycles. The van der Waals surface area contributed by atoms with Gasteiger partial charge in [0.2, 0.25) is 17.7 Å². The first-order chi connectivity index (χ1) is 18.8. The Morgan fingerprint density at radius 1 is 0.974 bits per heavy atom. The molecule has 0 bridgehead atoms. The average Bonchev–Trinajstić information content (AvgIpc) is 3.37. The van der Waals surface area contributed by atoms with Gasteiger partial charge in [0.05, 0.1) is 16.6 Å². The first kappa shape index (κ1) is 25.3. The van der Waals surface area contributed by atoms with Gasteiger partial charge in [-0.2, -0.15) is 0 Å². The number of thiazole rings is 1. The number of benzene rings is 2. The highest BCUT2D eigenvalue weighted by atomic mass is 32.2. The maximum atomic E-state index is 13.9. The molecule has 1 fully saturated rings. The summed E-state index contributed by atoms with van der Waals surface area (Å²) in [5.74, 6) is -2.21. The number of nitrogens with one attached hydrogen (secondary N) is 1. The minimum absolute atomic E-state index is 0.201. The Hall–Kier alpha value is -4.02. The van der Waals surface area contributed by atoms with E-state index < -0.39 is 17.1 Å². The van der Waals surface area contributed by atoms with Gasteiger partial charge in [-0.3, -0.25) is 28.7 Å². The lowest BCUT2D eigenvalue weighted by Crippen LogP contribution is -2.33. The van der Waals surface area contributed by atoms with Crippen LogP contribution in [0, 0.1) is 19.8 Å². The number of para-hydroxylation sites is 1. The molecule has 196 valence electrons. The zero-order valence-corrected chi connectivity index (χ0v) is 22.8. The molecule has 4 aromatic rings. The lowest BCUT2D eigenvalue weighted by atomic mass is 9.84. The van der Waals surface area contributed by atoms with Crippen molar-refractivity contribution in [2.45, 2.75) is 36.6 Å². The molecular formula is C29H24N4O4S2. The van der Waals surface area contributed by atoms with Crippen LogP contribution in [-0.2, 0) is 20.9 Å². The van der Waals surface area contributed by atoms with Gasteiger partial charge in [0, 0.05) is 28.9 Å². The predicted octanol–water partition coefficient (Wildman–Crippen LogP) is 4.36. The van der Waals surface area contributed by atoms with Gasteiger partial charge in [0.1, 0.15) is 11.8 Å². The van der Waals surface area contributed by atoms with Crippen molar-refractivity contribution in [1.82, 2.24) is 9.55 Å². The fraction of sp³-hybridized carbons (Fsp3) is 0.207. The van der Waals surface area contributed by atoms with Crippen LogP contribution < -0.4 is 15.1 Å². The largest absolute Gasteiger partial charge is 0.324 e. The zero-order chi connectivity index (χ0) is 27.3. The number of imide groups is 1. The molecule has 6 rings (SSSR count). The number of nitrogens with zero attached hydrogens (tertiary/aromatic N) is 3. The Morgan fingerprint density at radius 3 is 2.46 bits per heavy atom. The number of carbonyl (C=O) groups is 3. The monoisotopic (exact) mass is 556 g/mol. The standard InChI is InChI=1S/C29H24N4O4S2/c1-16-9-11-19(12-10-16)33-26(35)23-22(18-7-5-13-30-14-18)25-28(38-24(23)27(33)36)32(29(37)39-25)15-21(34)31-20-8-4-3-6-17(20)2/h3-14,22-24H,15H2,1-2H3,(H,31,34)/t22-,23-,24+/m0/s1. The van der Waals surface area contributed by atoms with Gasteiger partial charge in [-0.15, -0.1) is 0 Å². The number of aromatic nitrogens is 2. The highest BCUT2D eigenvalue weighted by Crippen LogP contribution is 2.53. The molecule has 2 aromatic heterocycles. The van der Waals surface area contributed by atoms with Gasteiger partial charge in [-0.1, -0.05) is 65.1 Å². The molecule has 0 aliphatic carbocycles. The van der Waals surface area contributed by atoms with Crippen molar-refractivity contribution in [3.63, 3.8) is 0 Å². The molecule has 3 amide bonds. The zero-order valence-electron chi connectivity index (χ0n) is 21.2. The molecule has 1 saturated heterocycles. The van der Waals surface area contributed by atoms with E-state index in [0.29, 0.717) is 21.3 Å².